The molecule has 6 nitrogen and oxygen atoms in total. The van der Waals surface area contributed by atoms with Gasteiger partial charge in [-0.15, -0.1) is 11.3 Å². The summed E-state index contributed by atoms with van der Waals surface area (Å²) in [5, 5.41) is 13.5. The molecule has 7 heteroatoms. The van der Waals surface area contributed by atoms with Crippen molar-refractivity contribution in [3.05, 3.63) is 45.2 Å². The fraction of sp³-hybridized carbons (Fsp3) is 0.100. The van der Waals surface area contributed by atoms with Crippen molar-refractivity contribution in [2.24, 2.45) is 0 Å². The van der Waals surface area contributed by atoms with Gasteiger partial charge < -0.3 is 9.73 Å². The molecule has 0 fully saturated rings. The van der Waals surface area contributed by atoms with Gasteiger partial charge in [0.25, 0.3) is 5.91 Å². The molecule has 1 amide bonds. The number of carbonyl (C=O) groups is 1. The smallest absolute Gasteiger partial charge is 0.304 e. The molecule has 0 aliphatic rings. The number of hydrogen-bond donors (Lipinski definition) is 1. The molecule has 0 aliphatic carbocycles. The maximum absolute atomic E-state index is 11.7. The normalized spacial score (nSPS) is 10.2. The van der Waals surface area contributed by atoms with Crippen molar-refractivity contribution in [1.82, 2.24) is 0 Å². The van der Waals surface area contributed by atoms with Crippen LogP contribution in [-0.2, 0) is 0 Å². The monoisotopic (exact) mass is 252 g/mol. The molecule has 0 bridgehead atoms. The largest absolute Gasteiger partial charge is 0.472 e. The van der Waals surface area contributed by atoms with Gasteiger partial charge in [0.1, 0.15) is 6.26 Å². The number of aryl methyl sites for hydroxylation is 1. The zero-order chi connectivity index (χ0) is 12.4. The van der Waals surface area contributed by atoms with Gasteiger partial charge >= 0.3 is 5.69 Å². The quantitative estimate of drug-likeness (QED) is 0.672. The van der Waals surface area contributed by atoms with Gasteiger partial charge in [0.2, 0.25) is 0 Å². The van der Waals surface area contributed by atoms with Gasteiger partial charge in [0.05, 0.1) is 16.7 Å². The summed E-state index contributed by atoms with van der Waals surface area (Å²) in [5.41, 5.74) is 0.231. The Labute approximate surface area is 100 Å². The number of anilines is 1. The first-order valence-electron chi connectivity index (χ1n) is 4.66. The van der Waals surface area contributed by atoms with Crippen LogP contribution < -0.4 is 5.32 Å². The topological polar surface area (TPSA) is 85.4 Å². The van der Waals surface area contributed by atoms with Crippen LogP contribution in [-0.4, -0.2) is 10.8 Å². The third kappa shape index (κ3) is 2.34. The highest BCUT2D eigenvalue weighted by atomic mass is 32.1. The number of nitro groups is 1. The Kier molecular flexibility index (Phi) is 2.92. The number of carbonyl (C=O) groups excluding carboxylic acids is 1. The molecule has 2 aromatic heterocycles. The summed E-state index contributed by atoms with van der Waals surface area (Å²) >= 11 is 1.16. The van der Waals surface area contributed by atoms with Gasteiger partial charge in [-0.3, -0.25) is 14.9 Å². The maximum Gasteiger partial charge on any atom is 0.304 e. The highest BCUT2D eigenvalue weighted by Crippen LogP contribution is 2.34. The molecule has 0 aromatic carbocycles. The standard InChI is InChI=1S/C10H8N2O4S/c1-6-4-8(12(14)15)10(17-6)11-9(13)7-2-3-16-5-7/h2-5H,1H3,(H,11,13). The molecule has 0 radical (unpaired) electrons. The van der Waals surface area contributed by atoms with E-state index in [9.17, 15) is 14.9 Å². The summed E-state index contributed by atoms with van der Waals surface area (Å²) in [5.74, 6) is -0.427. The highest BCUT2D eigenvalue weighted by Gasteiger charge is 2.20. The van der Waals surface area contributed by atoms with Crippen molar-refractivity contribution in [2.45, 2.75) is 6.92 Å². The lowest BCUT2D eigenvalue weighted by atomic mass is 10.3. The van der Waals surface area contributed by atoms with E-state index >= 15 is 0 Å². The predicted octanol–water partition coefficient (Wildman–Crippen LogP) is 2.81. The molecule has 0 aliphatic heterocycles. The van der Waals surface area contributed by atoms with E-state index in [0.29, 0.717) is 5.56 Å². The minimum Gasteiger partial charge on any atom is -0.472 e. The average molecular weight is 252 g/mol. The fourth-order valence-electron chi connectivity index (χ4n) is 1.29. The number of nitrogens with one attached hydrogen (secondary N) is 1. The van der Waals surface area contributed by atoms with Crippen molar-refractivity contribution in [2.75, 3.05) is 5.32 Å². The van der Waals surface area contributed by atoms with Crippen molar-refractivity contribution in [3.63, 3.8) is 0 Å². The third-order valence-electron chi connectivity index (χ3n) is 2.04. The van der Waals surface area contributed by atoms with Crippen LogP contribution in [0, 0.1) is 17.0 Å². The Balaban J connectivity index is 2.24. The van der Waals surface area contributed by atoms with E-state index in [1.165, 1.54) is 24.7 Å². The molecule has 2 rings (SSSR count). The molecule has 0 unspecified atom stereocenters. The fourth-order valence-corrected chi connectivity index (χ4v) is 2.17. The van der Waals surface area contributed by atoms with Crippen LogP contribution in [0.1, 0.15) is 15.2 Å². The summed E-state index contributed by atoms with van der Waals surface area (Å²) in [4.78, 5) is 22.7. The van der Waals surface area contributed by atoms with Crippen molar-refractivity contribution >= 4 is 27.9 Å². The van der Waals surface area contributed by atoms with Crippen LogP contribution in [0.5, 0.6) is 0 Å². The lowest BCUT2D eigenvalue weighted by Crippen LogP contribution is -2.10. The van der Waals surface area contributed by atoms with Crippen LogP contribution in [0.25, 0.3) is 0 Å². The van der Waals surface area contributed by atoms with E-state index in [1.807, 2.05) is 0 Å². The third-order valence-corrected chi connectivity index (χ3v) is 3.00. The zero-order valence-electron chi connectivity index (χ0n) is 8.80. The Bertz CT molecular complexity index is 559. The van der Waals surface area contributed by atoms with E-state index < -0.39 is 10.8 Å². The second-order valence-electron chi connectivity index (χ2n) is 3.29. The van der Waals surface area contributed by atoms with Crippen LogP contribution in [0.15, 0.2) is 29.1 Å². The lowest BCUT2D eigenvalue weighted by Gasteiger charge is -1.99. The van der Waals surface area contributed by atoms with Gasteiger partial charge in [-0.2, -0.15) is 0 Å². The summed E-state index contributed by atoms with van der Waals surface area (Å²) in [7, 11) is 0. The summed E-state index contributed by atoms with van der Waals surface area (Å²) < 4.78 is 4.76. The second-order valence-corrected chi connectivity index (χ2v) is 4.55. The Morgan fingerprint density at radius 2 is 2.35 bits per heavy atom. The predicted molar refractivity (Wildman–Crippen MR) is 62.4 cm³/mol. The Morgan fingerprint density at radius 1 is 1.59 bits per heavy atom. The molecule has 0 saturated heterocycles. The molecular formula is C10H8N2O4S. The Morgan fingerprint density at radius 3 is 2.94 bits per heavy atom. The molecule has 2 heterocycles. The van der Waals surface area contributed by atoms with Gasteiger partial charge in [-0.25, -0.2) is 0 Å². The number of furan rings is 1. The molecule has 17 heavy (non-hydrogen) atoms. The molecule has 0 atom stereocenters. The summed E-state index contributed by atoms with van der Waals surface area (Å²) in [6.07, 6.45) is 2.64. The van der Waals surface area contributed by atoms with Crippen LogP contribution in [0.3, 0.4) is 0 Å². The van der Waals surface area contributed by atoms with Crippen LogP contribution >= 0.6 is 11.3 Å². The van der Waals surface area contributed by atoms with Crippen molar-refractivity contribution in [3.8, 4) is 0 Å². The molecule has 0 spiro atoms. The maximum atomic E-state index is 11.7. The van der Waals surface area contributed by atoms with E-state index in [-0.39, 0.29) is 10.7 Å². The zero-order valence-corrected chi connectivity index (χ0v) is 9.61. The van der Waals surface area contributed by atoms with Gasteiger partial charge in [-0.05, 0) is 13.0 Å². The molecular weight excluding hydrogens is 244 g/mol. The molecule has 88 valence electrons. The van der Waals surface area contributed by atoms with Crippen LogP contribution in [0.4, 0.5) is 10.7 Å². The molecule has 0 saturated carbocycles. The van der Waals surface area contributed by atoms with E-state index in [1.54, 1.807) is 6.92 Å². The van der Waals surface area contributed by atoms with Gasteiger partial charge in [0.15, 0.2) is 5.00 Å². The second kappa shape index (κ2) is 4.38. The SMILES string of the molecule is Cc1cc([N+](=O)[O-])c(NC(=O)c2ccoc2)s1. The highest BCUT2D eigenvalue weighted by molar-refractivity contribution is 7.16. The number of rotatable bonds is 3. The van der Waals surface area contributed by atoms with Gasteiger partial charge in [-0.1, -0.05) is 0 Å². The lowest BCUT2D eigenvalue weighted by molar-refractivity contribution is -0.383. The number of thiophene rings is 1. The summed E-state index contributed by atoms with van der Waals surface area (Å²) in [6, 6.07) is 2.91. The van der Waals surface area contributed by atoms with E-state index in [0.717, 1.165) is 16.2 Å². The number of hydrogen-bond acceptors (Lipinski definition) is 5. The first-order chi connectivity index (χ1) is 8.08. The first-order valence-corrected chi connectivity index (χ1v) is 5.48. The first kappa shape index (κ1) is 11.3. The van der Waals surface area contributed by atoms with Crippen molar-refractivity contribution in [1.29, 1.82) is 0 Å². The van der Waals surface area contributed by atoms with E-state index in [2.05, 4.69) is 5.32 Å². The summed E-state index contributed by atoms with van der Waals surface area (Å²) in [6.45, 7) is 1.74. The number of amides is 1. The Hall–Kier alpha value is -2.15. The average Bonchev–Trinajstić information content (AvgIpc) is 2.86. The molecule has 1 N–H and O–H groups in total. The van der Waals surface area contributed by atoms with Gasteiger partial charge in [0, 0.05) is 10.9 Å². The molecule has 2 aromatic rings. The van der Waals surface area contributed by atoms with E-state index in [4.69, 9.17) is 4.42 Å². The van der Waals surface area contributed by atoms with Crippen molar-refractivity contribution < 1.29 is 14.1 Å². The van der Waals surface area contributed by atoms with Crippen LogP contribution in [0.2, 0.25) is 0 Å². The minimum atomic E-state index is -0.519. The number of nitrogens with zero attached hydrogens (tertiary/aromatic N) is 1. The minimum absolute atomic E-state index is 0.0932.